The van der Waals surface area contributed by atoms with Gasteiger partial charge in [0.25, 0.3) is 0 Å². The largest absolute Gasteiger partial charge is 0.488 e. The third-order valence-corrected chi connectivity index (χ3v) is 6.64. The molecule has 1 fully saturated rings. The average molecular weight is 440 g/mol. The summed E-state index contributed by atoms with van der Waals surface area (Å²) in [7, 11) is -3.38. The van der Waals surface area contributed by atoms with E-state index < -0.39 is 9.84 Å². The van der Waals surface area contributed by atoms with E-state index in [1.807, 2.05) is 42.2 Å². The maximum Gasteiger partial charge on any atom is 0.222 e. The fourth-order valence-corrected chi connectivity index (χ4v) is 4.90. The second kappa shape index (κ2) is 8.26. The Morgan fingerprint density at radius 2 is 2.03 bits per heavy atom. The maximum absolute atomic E-state index is 11.9. The molecule has 162 valence electrons. The average Bonchev–Trinajstić information content (AvgIpc) is 3.20. The molecule has 1 aliphatic rings. The van der Waals surface area contributed by atoms with E-state index in [9.17, 15) is 13.2 Å². The standard InChI is InChI=1S/C23H25N3O4S/c1-4-22(27)26-10-8-18(14-26)30-17-5-6-21-20(12-17)19(7-9-24-21)16-11-15(2)23(25-13-16)31(3,28)29/h5-7,9,11-13,18H,4,8,10,14H2,1-3H3. The number of carbonyl (C=O) groups is 1. The molecule has 0 saturated carbocycles. The second-order valence-electron chi connectivity index (χ2n) is 7.88. The zero-order chi connectivity index (χ0) is 22.2. The van der Waals surface area contributed by atoms with E-state index in [0.717, 1.165) is 47.0 Å². The highest BCUT2D eigenvalue weighted by Crippen LogP contribution is 2.32. The van der Waals surface area contributed by atoms with Crippen molar-refractivity contribution in [2.24, 2.45) is 0 Å². The molecule has 1 aromatic carbocycles. The molecular formula is C23H25N3O4S. The van der Waals surface area contributed by atoms with Crippen molar-refractivity contribution in [3.05, 3.63) is 48.3 Å². The number of rotatable bonds is 5. The van der Waals surface area contributed by atoms with Crippen LogP contribution in [0, 0.1) is 6.92 Å². The van der Waals surface area contributed by atoms with Crippen molar-refractivity contribution < 1.29 is 17.9 Å². The van der Waals surface area contributed by atoms with Gasteiger partial charge in [-0.25, -0.2) is 13.4 Å². The third kappa shape index (κ3) is 4.39. The molecule has 3 aromatic rings. The lowest BCUT2D eigenvalue weighted by molar-refractivity contribution is -0.130. The summed E-state index contributed by atoms with van der Waals surface area (Å²) >= 11 is 0. The van der Waals surface area contributed by atoms with E-state index in [2.05, 4.69) is 9.97 Å². The highest BCUT2D eigenvalue weighted by molar-refractivity contribution is 7.90. The van der Waals surface area contributed by atoms with Gasteiger partial charge in [0.05, 0.1) is 12.1 Å². The van der Waals surface area contributed by atoms with E-state index >= 15 is 0 Å². The number of aryl methyl sites for hydroxylation is 1. The molecule has 1 atom stereocenters. The van der Waals surface area contributed by atoms with Crippen LogP contribution in [0.5, 0.6) is 5.75 Å². The monoisotopic (exact) mass is 439 g/mol. The van der Waals surface area contributed by atoms with Crippen LogP contribution in [-0.2, 0) is 14.6 Å². The van der Waals surface area contributed by atoms with Crippen molar-refractivity contribution in [2.45, 2.75) is 37.8 Å². The van der Waals surface area contributed by atoms with Crippen molar-refractivity contribution in [3.8, 4) is 16.9 Å². The number of sulfone groups is 1. The summed E-state index contributed by atoms with van der Waals surface area (Å²) in [4.78, 5) is 22.4. The number of hydrogen-bond acceptors (Lipinski definition) is 6. The summed E-state index contributed by atoms with van der Waals surface area (Å²) in [5, 5.41) is 0.985. The Morgan fingerprint density at radius 1 is 1.23 bits per heavy atom. The first-order valence-corrected chi connectivity index (χ1v) is 12.2. The first kappa shape index (κ1) is 21.2. The van der Waals surface area contributed by atoms with Gasteiger partial charge in [-0.15, -0.1) is 0 Å². The normalized spacial score (nSPS) is 16.6. The minimum Gasteiger partial charge on any atom is -0.488 e. The van der Waals surface area contributed by atoms with Crippen LogP contribution in [0.15, 0.2) is 47.8 Å². The number of likely N-dealkylation sites (tertiary alicyclic amines) is 1. The Kier molecular flexibility index (Phi) is 5.66. The van der Waals surface area contributed by atoms with Gasteiger partial charge in [-0.2, -0.15) is 0 Å². The minimum atomic E-state index is -3.38. The smallest absolute Gasteiger partial charge is 0.222 e. The van der Waals surface area contributed by atoms with Crippen molar-refractivity contribution in [2.75, 3.05) is 19.3 Å². The highest BCUT2D eigenvalue weighted by Gasteiger charge is 2.26. The SMILES string of the molecule is CCC(=O)N1CCC(Oc2ccc3nccc(-c4cnc(S(C)(=O)=O)c(C)c4)c3c2)C1. The summed E-state index contributed by atoms with van der Waals surface area (Å²) in [5.41, 5.74) is 3.13. The molecule has 1 amide bonds. The fraction of sp³-hybridized carbons (Fsp3) is 0.348. The molecule has 1 saturated heterocycles. The predicted octanol–water partition coefficient (Wildman–Crippen LogP) is 3.40. The Labute approximate surface area is 182 Å². The van der Waals surface area contributed by atoms with Gasteiger partial charge in [-0.05, 0) is 48.4 Å². The van der Waals surface area contributed by atoms with Crippen LogP contribution >= 0.6 is 0 Å². The molecule has 0 N–H and O–H groups in total. The van der Waals surface area contributed by atoms with Crippen LogP contribution in [0.3, 0.4) is 0 Å². The molecule has 0 aliphatic carbocycles. The molecule has 0 spiro atoms. The highest BCUT2D eigenvalue weighted by atomic mass is 32.2. The lowest BCUT2D eigenvalue weighted by atomic mass is 10.0. The van der Waals surface area contributed by atoms with E-state index in [1.54, 1.807) is 19.3 Å². The molecule has 1 unspecified atom stereocenters. The topological polar surface area (TPSA) is 89.5 Å². The molecule has 0 bridgehead atoms. The Morgan fingerprint density at radius 3 is 2.74 bits per heavy atom. The van der Waals surface area contributed by atoms with E-state index in [4.69, 9.17) is 4.74 Å². The number of pyridine rings is 2. The molecule has 8 heteroatoms. The number of aromatic nitrogens is 2. The van der Waals surface area contributed by atoms with Gasteiger partial charge in [0.1, 0.15) is 11.9 Å². The number of nitrogens with zero attached hydrogens (tertiary/aromatic N) is 3. The number of carbonyl (C=O) groups excluding carboxylic acids is 1. The summed E-state index contributed by atoms with van der Waals surface area (Å²) < 4.78 is 30.0. The van der Waals surface area contributed by atoms with Gasteiger partial charge in [0.15, 0.2) is 14.9 Å². The molecule has 7 nitrogen and oxygen atoms in total. The molecule has 4 rings (SSSR count). The van der Waals surface area contributed by atoms with Crippen molar-refractivity contribution in [1.29, 1.82) is 0 Å². The van der Waals surface area contributed by atoms with E-state index in [0.29, 0.717) is 18.5 Å². The minimum absolute atomic E-state index is 0.0361. The Bertz CT molecular complexity index is 1260. The lowest BCUT2D eigenvalue weighted by Crippen LogP contribution is -2.30. The number of ether oxygens (including phenoxy) is 1. The maximum atomic E-state index is 11.9. The van der Waals surface area contributed by atoms with E-state index in [-0.39, 0.29) is 17.0 Å². The molecular weight excluding hydrogens is 414 g/mol. The molecule has 1 aliphatic heterocycles. The van der Waals surface area contributed by atoms with Crippen molar-refractivity contribution in [3.63, 3.8) is 0 Å². The molecule has 3 heterocycles. The predicted molar refractivity (Wildman–Crippen MR) is 119 cm³/mol. The zero-order valence-electron chi connectivity index (χ0n) is 17.8. The third-order valence-electron chi connectivity index (χ3n) is 5.51. The quantitative estimate of drug-likeness (QED) is 0.605. The fourth-order valence-electron chi connectivity index (χ4n) is 4.02. The molecule has 2 aromatic heterocycles. The van der Waals surface area contributed by atoms with Gasteiger partial charge >= 0.3 is 0 Å². The zero-order valence-corrected chi connectivity index (χ0v) is 18.6. The number of fused-ring (bicyclic) bond motifs is 1. The summed E-state index contributed by atoms with van der Waals surface area (Å²) in [5.74, 6) is 0.867. The summed E-state index contributed by atoms with van der Waals surface area (Å²) in [6.45, 7) is 4.93. The first-order valence-electron chi connectivity index (χ1n) is 10.3. The molecule has 0 radical (unpaired) electrons. The first-order chi connectivity index (χ1) is 14.8. The van der Waals surface area contributed by atoms with E-state index in [1.165, 1.54) is 0 Å². The van der Waals surface area contributed by atoms with Crippen molar-refractivity contribution >= 4 is 26.6 Å². The van der Waals surface area contributed by atoms with Gasteiger partial charge in [0.2, 0.25) is 5.91 Å². The van der Waals surface area contributed by atoms with Gasteiger partial charge in [-0.1, -0.05) is 6.92 Å². The van der Waals surface area contributed by atoms with Crippen molar-refractivity contribution in [1.82, 2.24) is 14.9 Å². The van der Waals surface area contributed by atoms with Crippen LogP contribution in [0.25, 0.3) is 22.0 Å². The lowest BCUT2D eigenvalue weighted by Gasteiger charge is -2.17. The van der Waals surface area contributed by atoms with Gasteiger partial charge < -0.3 is 9.64 Å². The summed E-state index contributed by atoms with van der Waals surface area (Å²) in [6, 6.07) is 9.46. The van der Waals surface area contributed by atoms with Gasteiger partial charge in [-0.3, -0.25) is 9.78 Å². The van der Waals surface area contributed by atoms with Crippen LogP contribution in [0.4, 0.5) is 0 Å². The number of hydrogen-bond donors (Lipinski definition) is 0. The second-order valence-corrected chi connectivity index (χ2v) is 9.81. The van der Waals surface area contributed by atoms with Crippen LogP contribution < -0.4 is 4.74 Å². The Hall–Kier alpha value is -3.00. The van der Waals surface area contributed by atoms with Gasteiger partial charge in [0, 0.05) is 49.0 Å². The number of benzene rings is 1. The van der Waals surface area contributed by atoms with Crippen LogP contribution in [0.2, 0.25) is 0 Å². The van der Waals surface area contributed by atoms with Crippen LogP contribution in [-0.4, -0.2) is 54.6 Å². The summed E-state index contributed by atoms with van der Waals surface area (Å²) in [6.07, 6.45) is 5.74. The number of amides is 1. The Balaban J connectivity index is 1.66. The van der Waals surface area contributed by atoms with Crippen LogP contribution in [0.1, 0.15) is 25.3 Å². The molecule has 31 heavy (non-hydrogen) atoms.